The van der Waals surface area contributed by atoms with Crippen LogP contribution in [0.2, 0.25) is 0 Å². The molecule has 86 valence electrons. The zero-order valence-corrected chi connectivity index (χ0v) is 12.9. The van der Waals surface area contributed by atoms with E-state index in [9.17, 15) is 4.79 Å². The van der Waals surface area contributed by atoms with E-state index in [1.54, 1.807) is 34.0 Å². The molecule has 0 atom stereocenters. The van der Waals surface area contributed by atoms with Gasteiger partial charge in [0.1, 0.15) is 0 Å². The van der Waals surface area contributed by atoms with Gasteiger partial charge in [0.25, 0.3) is 0 Å². The van der Waals surface area contributed by atoms with Gasteiger partial charge in [0, 0.05) is 18.7 Å². The average Bonchev–Trinajstić information content (AvgIpc) is 2.92. The van der Waals surface area contributed by atoms with Crippen LogP contribution in [0, 0.1) is 6.92 Å². The molecule has 0 saturated carbocycles. The molecule has 0 spiro atoms. The second-order valence-electron chi connectivity index (χ2n) is 3.60. The minimum absolute atomic E-state index is 0.136. The van der Waals surface area contributed by atoms with Gasteiger partial charge in [-0.05, 0) is 46.4 Å². The maximum atomic E-state index is 12.3. The molecule has 0 saturated heterocycles. The lowest BCUT2D eigenvalue weighted by Crippen LogP contribution is -1.93. The van der Waals surface area contributed by atoms with Gasteiger partial charge in [-0.25, -0.2) is 0 Å². The molecule has 0 radical (unpaired) electrons. The summed E-state index contributed by atoms with van der Waals surface area (Å²) in [4.78, 5) is 15.1. The van der Waals surface area contributed by atoms with Crippen LogP contribution in [0.1, 0.15) is 19.4 Å². The summed E-state index contributed by atoms with van der Waals surface area (Å²) in [6, 6.07) is 5.98. The van der Waals surface area contributed by atoms with Crippen molar-refractivity contribution in [3.05, 3.63) is 42.7 Å². The summed E-state index contributed by atoms with van der Waals surface area (Å²) in [6.45, 7) is 2.01. The van der Waals surface area contributed by atoms with Crippen molar-refractivity contribution in [3.8, 4) is 0 Å². The van der Waals surface area contributed by atoms with Crippen LogP contribution in [-0.4, -0.2) is 5.78 Å². The Morgan fingerprint density at radius 2 is 1.94 bits per heavy atom. The highest BCUT2D eigenvalue weighted by Gasteiger charge is 2.16. The lowest BCUT2D eigenvalue weighted by molar-refractivity contribution is 0.104. The topological polar surface area (TPSA) is 17.1 Å². The number of hydrogen-bond acceptors (Lipinski definition) is 4. The van der Waals surface area contributed by atoms with E-state index >= 15 is 0 Å². The molecule has 0 fully saturated rings. The molecule has 3 heterocycles. The van der Waals surface area contributed by atoms with Crippen molar-refractivity contribution in [1.29, 1.82) is 0 Å². The van der Waals surface area contributed by atoms with Crippen molar-refractivity contribution >= 4 is 65.1 Å². The van der Waals surface area contributed by atoms with Crippen LogP contribution >= 0.6 is 49.9 Å². The van der Waals surface area contributed by atoms with Crippen molar-refractivity contribution in [1.82, 2.24) is 0 Å². The van der Waals surface area contributed by atoms with Crippen LogP contribution in [0.25, 0.3) is 9.40 Å². The Hall–Kier alpha value is -0.490. The maximum Gasteiger partial charge on any atom is 0.212 e. The summed E-state index contributed by atoms with van der Waals surface area (Å²) in [5.74, 6) is 0.136. The van der Waals surface area contributed by atoms with E-state index in [4.69, 9.17) is 0 Å². The maximum absolute atomic E-state index is 12.3. The van der Waals surface area contributed by atoms with Crippen LogP contribution in [0.15, 0.2) is 28.1 Å². The fourth-order valence-corrected chi connectivity index (χ4v) is 5.19. The second kappa shape index (κ2) is 4.31. The minimum atomic E-state index is 0.136. The molecule has 0 bridgehead atoms. The van der Waals surface area contributed by atoms with Crippen LogP contribution in [0.5, 0.6) is 0 Å². The minimum Gasteiger partial charge on any atom is -0.287 e. The standard InChI is InChI=1S/C12H7BrOS3/c1-6-7(13)4-10(16-6)12(14)11-5-9-8(17-11)2-3-15-9/h2-5H,1H3. The van der Waals surface area contributed by atoms with Crippen molar-refractivity contribution in [2.45, 2.75) is 6.92 Å². The molecule has 3 aromatic rings. The number of halogens is 1. The number of ketones is 1. The highest BCUT2D eigenvalue weighted by molar-refractivity contribution is 9.10. The number of aryl methyl sites for hydroxylation is 1. The van der Waals surface area contributed by atoms with Crippen LogP contribution < -0.4 is 0 Å². The number of carbonyl (C=O) groups excluding carboxylic acids is 1. The Labute approximate surface area is 119 Å². The third kappa shape index (κ3) is 2.01. The van der Waals surface area contributed by atoms with Gasteiger partial charge in [0.05, 0.1) is 9.75 Å². The molecule has 5 heteroatoms. The quantitative estimate of drug-likeness (QED) is 0.575. The van der Waals surface area contributed by atoms with Gasteiger partial charge in [0.15, 0.2) is 0 Å². The number of fused-ring (bicyclic) bond motifs is 1. The van der Waals surface area contributed by atoms with Crippen molar-refractivity contribution in [2.75, 3.05) is 0 Å². The number of carbonyl (C=O) groups is 1. The Morgan fingerprint density at radius 1 is 1.18 bits per heavy atom. The largest absolute Gasteiger partial charge is 0.287 e. The zero-order valence-electron chi connectivity index (χ0n) is 8.82. The molecule has 0 unspecified atom stereocenters. The molecule has 17 heavy (non-hydrogen) atoms. The first kappa shape index (κ1) is 11.6. The molecule has 0 amide bonds. The van der Waals surface area contributed by atoms with E-state index in [2.05, 4.69) is 27.4 Å². The third-order valence-electron chi connectivity index (χ3n) is 2.44. The summed E-state index contributed by atoms with van der Waals surface area (Å²) in [5, 5.41) is 2.06. The first-order valence-corrected chi connectivity index (χ1v) is 8.23. The molecule has 1 nitrogen and oxygen atoms in total. The fourth-order valence-electron chi connectivity index (χ4n) is 1.57. The molecule has 3 rings (SSSR count). The lowest BCUT2D eigenvalue weighted by atomic mass is 10.3. The van der Waals surface area contributed by atoms with Gasteiger partial charge in [-0.1, -0.05) is 0 Å². The van der Waals surface area contributed by atoms with Gasteiger partial charge < -0.3 is 0 Å². The lowest BCUT2D eigenvalue weighted by Gasteiger charge is -1.90. The van der Waals surface area contributed by atoms with E-state index < -0.39 is 0 Å². The van der Waals surface area contributed by atoms with E-state index in [-0.39, 0.29) is 5.78 Å². The number of rotatable bonds is 2. The Kier molecular flexibility index (Phi) is 2.94. The number of thiophene rings is 3. The first-order valence-electron chi connectivity index (χ1n) is 4.93. The van der Waals surface area contributed by atoms with Gasteiger partial charge in [-0.3, -0.25) is 4.79 Å². The predicted molar refractivity (Wildman–Crippen MR) is 79.9 cm³/mol. The predicted octanol–water partition coefficient (Wildman–Crippen LogP) is 5.33. The second-order valence-corrected chi connectivity index (χ2v) is 7.75. The molecule has 0 N–H and O–H groups in total. The molecule has 3 aromatic heterocycles. The van der Waals surface area contributed by atoms with Crippen LogP contribution in [0.4, 0.5) is 0 Å². The van der Waals surface area contributed by atoms with Gasteiger partial charge in [0.2, 0.25) is 5.78 Å². The fraction of sp³-hybridized carbons (Fsp3) is 0.0833. The normalized spacial score (nSPS) is 11.2. The summed E-state index contributed by atoms with van der Waals surface area (Å²) in [6.07, 6.45) is 0. The van der Waals surface area contributed by atoms with E-state index in [1.807, 2.05) is 19.1 Å². The molecule has 0 aliphatic carbocycles. The first-order chi connectivity index (χ1) is 8.15. The highest BCUT2D eigenvalue weighted by Crippen LogP contribution is 2.34. The van der Waals surface area contributed by atoms with Gasteiger partial charge in [-0.2, -0.15) is 0 Å². The monoisotopic (exact) mass is 342 g/mol. The van der Waals surface area contributed by atoms with E-state index in [0.717, 1.165) is 19.1 Å². The molecule has 0 aliphatic heterocycles. The third-order valence-corrected chi connectivity index (χ3v) is 6.67. The summed E-state index contributed by atoms with van der Waals surface area (Å²) in [5.41, 5.74) is 0. The Balaban J connectivity index is 2.04. The van der Waals surface area contributed by atoms with Crippen molar-refractivity contribution < 1.29 is 4.79 Å². The van der Waals surface area contributed by atoms with E-state index in [0.29, 0.717) is 0 Å². The molecule has 0 aromatic carbocycles. The summed E-state index contributed by atoms with van der Waals surface area (Å²) >= 11 is 8.25. The summed E-state index contributed by atoms with van der Waals surface area (Å²) < 4.78 is 3.42. The molecule has 0 aliphatic rings. The smallest absolute Gasteiger partial charge is 0.212 e. The number of hydrogen-bond donors (Lipinski definition) is 0. The van der Waals surface area contributed by atoms with Crippen LogP contribution in [-0.2, 0) is 0 Å². The highest BCUT2D eigenvalue weighted by atomic mass is 79.9. The van der Waals surface area contributed by atoms with Gasteiger partial charge in [-0.15, -0.1) is 34.0 Å². The zero-order chi connectivity index (χ0) is 12.0. The Morgan fingerprint density at radius 3 is 2.59 bits per heavy atom. The van der Waals surface area contributed by atoms with E-state index in [1.165, 1.54) is 9.40 Å². The van der Waals surface area contributed by atoms with Crippen molar-refractivity contribution in [3.63, 3.8) is 0 Å². The Bertz CT molecular complexity index is 656. The van der Waals surface area contributed by atoms with Gasteiger partial charge >= 0.3 is 0 Å². The SMILES string of the molecule is Cc1sc(C(=O)c2cc3sccc3s2)cc1Br. The summed E-state index contributed by atoms with van der Waals surface area (Å²) in [7, 11) is 0. The van der Waals surface area contributed by atoms with Crippen LogP contribution in [0.3, 0.4) is 0 Å². The molecular formula is C12H7BrOS3. The average molecular weight is 343 g/mol. The molecular weight excluding hydrogens is 336 g/mol. The van der Waals surface area contributed by atoms with Crippen molar-refractivity contribution in [2.24, 2.45) is 0 Å².